The van der Waals surface area contributed by atoms with Gasteiger partial charge in [-0.1, -0.05) is 6.07 Å². The van der Waals surface area contributed by atoms with Crippen molar-refractivity contribution in [2.75, 3.05) is 7.11 Å². The third kappa shape index (κ3) is 2.69. The molecule has 6 heteroatoms. The summed E-state index contributed by atoms with van der Waals surface area (Å²) < 4.78 is 19.7. The van der Waals surface area contributed by atoms with E-state index in [1.165, 1.54) is 0 Å². The fourth-order valence-electron chi connectivity index (χ4n) is 2.91. The van der Waals surface area contributed by atoms with E-state index in [0.717, 1.165) is 28.9 Å². The van der Waals surface area contributed by atoms with Crippen LogP contribution in [0.4, 0.5) is 0 Å². The van der Waals surface area contributed by atoms with Gasteiger partial charge < -0.3 is 18.6 Å². The molecule has 1 aliphatic rings. The Morgan fingerprint density at radius 1 is 1.17 bits per heavy atom. The first kappa shape index (κ1) is 16.5. The van der Waals surface area contributed by atoms with Crippen molar-refractivity contribution in [3.05, 3.63) is 24.0 Å². The quantitative estimate of drug-likeness (QED) is 0.813. The number of benzene rings is 1. The fourth-order valence-corrected chi connectivity index (χ4v) is 2.91. The van der Waals surface area contributed by atoms with Crippen LogP contribution in [0.25, 0.3) is 11.0 Å². The largest absolute Gasteiger partial charge is 0.494 e. The Morgan fingerprint density at radius 2 is 1.83 bits per heavy atom. The van der Waals surface area contributed by atoms with Gasteiger partial charge in [-0.15, -0.1) is 0 Å². The normalized spacial score (nSPS) is 19.7. The van der Waals surface area contributed by atoms with Gasteiger partial charge in [0.25, 0.3) is 0 Å². The van der Waals surface area contributed by atoms with Crippen molar-refractivity contribution in [2.24, 2.45) is 0 Å². The van der Waals surface area contributed by atoms with Crippen molar-refractivity contribution in [1.29, 1.82) is 0 Å². The van der Waals surface area contributed by atoms with Gasteiger partial charge in [-0.3, -0.25) is 0 Å². The van der Waals surface area contributed by atoms with Crippen LogP contribution in [0.2, 0.25) is 0 Å². The summed E-state index contributed by atoms with van der Waals surface area (Å²) in [7, 11) is 1.33. The second kappa shape index (κ2) is 5.62. The predicted molar refractivity (Wildman–Crippen MR) is 91.8 cm³/mol. The molecule has 1 fully saturated rings. The van der Waals surface area contributed by atoms with Gasteiger partial charge in [0, 0.05) is 13.7 Å². The zero-order valence-electron chi connectivity index (χ0n) is 14.8. The molecular weight excluding hydrogens is 291 g/mol. The summed E-state index contributed by atoms with van der Waals surface area (Å²) in [6.45, 7) is 11.7. The number of hydrogen-bond donors (Lipinski definition) is 0. The van der Waals surface area contributed by atoms with E-state index in [1.54, 1.807) is 7.11 Å². The number of fused-ring (bicyclic) bond motifs is 1. The number of methoxy groups -OCH3 is 1. The maximum absolute atomic E-state index is 6.13. The van der Waals surface area contributed by atoms with Crippen LogP contribution in [0.5, 0.6) is 0 Å². The minimum Gasteiger partial charge on any atom is -0.399 e. The molecule has 0 spiro atoms. The Labute approximate surface area is 138 Å². The molecule has 0 atom stereocenters. The highest BCUT2D eigenvalue weighted by atomic mass is 16.7. The Balaban J connectivity index is 1.98. The molecule has 1 saturated heterocycles. The van der Waals surface area contributed by atoms with Crippen LogP contribution in [0.1, 0.15) is 40.4 Å². The highest BCUT2D eigenvalue weighted by Crippen LogP contribution is 2.36. The summed E-state index contributed by atoms with van der Waals surface area (Å²) in [5.74, 6) is 0.941. The summed E-state index contributed by atoms with van der Waals surface area (Å²) in [6, 6.07) is 6.21. The number of hydrogen-bond acceptors (Lipinski definition) is 4. The monoisotopic (exact) mass is 316 g/mol. The first-order valence-corrected chi connectivity index (χ1v) is 8.12. The molecule has 1 aliphatic heterocycles. The smallest absolute Gasteiger partial charge is 0.399 e. The van der Waals surface area contributed by atoms with E-state index in [2.05, 4.69) is 57.4 Å². The lowest BCUT2D eigenvalue weighted by Crippen LogP contribution is -2.41. The van der Waals surface area contributed by atoms with E-state index in [0.29, 0.717) is 6.61 Å². The highest BCUT2D eigenvalue weighted by Gasteiger charge is 2.51. The molecule has 3 rings (SSSR count). The number of imidazole rings is 1. The molecule has 0 bridgehead atoms. The molecule has 0 saturated carbocycles. The fraction of sp³-hybridized carbons (Fsp3) is 0.588. The average Bonchev–Trinajstić information content (AvgIpc) is 2.92. The number of aromatic nitrogens is 2. The second-order valence-electron chi connectivity index (χ2n) is 7.04. The van der Waals surface area contributed by atoms with Crippen LogP contribution in [0, 0.1) is 0 Å². The molecule has 2 heterocycles. The molecular formula is C17H25BN2O3. The van der Waals surface area contributed by atoms with E-state index >= 15 is 0 Å². The van der Waals surface area contributed by atoms with Crippen molar-refractivity contribution in [3.63, 3.8) is 0 Å². The van der Waals surface area contributed by atoms with Crippen LogP contribution in [0.15, 0.2) is 18.2 Å². The van der Waals surface area contributed by atoms with E-state index in [-0.39, 0.29) is 18.3 Å². The number of ether oxygens (including phenoxy) is 1. The minimum absolute atomic E-state index is 0.337. The third-order valence-corrected chi connectivity index (χ3v) is 4.97. The van der Waals surface area contributed by atoms with E-state index in [4.69, 9.17) is 19.0 Å². The third-order valence-electron chi connectivity index (χ3n) is 4.97. The summed E-state index contributed by atoms with van der Waals surface area (Å²) >= 11 is 0. The van der Waals surface area contributed by atoms with Crippen LogP contribution < -0.4 is 5.46 Å². The van der Waals surface area contributed by atoms with Gasteiger partial charge >= 0.3 is 7.12 Å². The molecule has 1 aromatic carbocycles. The first-order chi connectivity index (χ1) is 10.8. The molecule has 0 unspecified atom stereocenters. The standard InChI is InChI=1S/C17H25BN2O3/c1-7-20-14-9-8-12(10-13(14)19-15(20)11-21-6)18-22-16(2,3)17(4,5)23-18/h8-10H,7,11H2,1-6H3. The maximum atomic E-state index is 6.13. The molecule has 1 aromatic heterocycles. The molecule has 124 valence electrons. The average molecular weight is 316 g/mol. The summed E-state index contributed by atoms with van der Waals surface area (Å²) in [4.78, 5) is 4.70. The van der Waals surface area contributed by atoms with E-state index in [1.807, 2.05) is 0 Å². The lowest BCUT2D eigenvalue weighted by atomic mass is 9.79. The summed E-state index contributed by atoms with van der Waals surface area (Å²) in [5.41, 5.74) is 2.39. The van der Waals surface area contributed by atoms with Gasteiger partial charge in [-0.05, 0) is 52.2 Å². The molecule has 0 amide bonds. The highest BCUT2D eigenvalue weighted by molar-refractivity contribution is 6.62. The first-order valence-electron chi connectivity index (χ1n) is 8.12. The van der Waals surface area contributed by atoms with Gasteiger partial charge in [0.1, 0.15) is 12.4 Å². The van der Waals surface area contributed by atoms with Gasteiger partial charge in [0.15, 0.2) is 0 Å². The molecule has 23 heavy (non-hydrogen) atoms. The van der Waals surface area contributed by atoms with E-state index < -0.39 is 0 Å². The Bertz CT molecular complexity index is 708. The number of rotatable bonds is 4. The van der Waals surface area contributed by atoms with Crippen molar-refractivity contribution in [1.82, 2.24) is 9.55 Å². The molecule has 2 aromatic rings. The Kier molecular flexibility index (Phi) is 4.03. The van der Waals surface area contributed by atoms with Crippen molar-refractivity contribution < 1.29 is 14.0 Å². The van der Waals surface area contributed by atoms with Crippen molar-refractivity contribution in [3.8, 4) is 0 Å². The number of aryl methyl sites for hydroxylation is 1. The van der Waals surface area contributed by atoms with Crippen molar-refractivity contribution >= 4 is 23.6 Å². The summed E-state index contributed by atoms with van der Waals surface area (Å²) in [5, 5.41) is 0. The van der Waals surface area contributed by atoms with Crippen molar-refractivity contribution in [2.45, 2.75) is 59.0 Å². The maximum Gasteiger partial charge on any atom is 0.494 e. The van der Waals surface area contributed by atoms with Gasteiger partial charge in [0.05, 0.1) is 22.2 Å². The molecule has 0 radical (unpaired) electrons. The Morgan fingerprint density at radius 3 is 2.39 bits per heavy atom. The minimum atomic E-state index is -0.359. The van der Waals surface area contributed by atoms with E-state index in [9.17, 15) is 0 Å². The Hall–Kier alpha value is -1.37. The predicted octanol–water partition coefficient (Wildman–Crippen LogP) is 2.50. The molecule has 5 nitrogen and oxygen atoms in total. The zero-order chi connectivity index (χ0) is 16.8. The molecule has 0 N–H and O–H groups in total. The topological polar surface area (TPSA) is 45.5 Å². The number of nitrogens with zero attached hydrogens (tertiary/aromatic N) is 2. The van der Waals surface area contributed by atoms with Crippen LogP contribution in [0.3, 0.4) is 0 Å². The van der Waals surface area contributed by atoms with Gasteiger partial charge in [-0.25, -0.2) is 4.98 Å². The van der Waals surface area contributed by atoms with Gasteiger partial charge in [-0.2, -0.15) is 0 Å². The SMILES string of the molecule is CCn1c(COC)nc2cc(B3OC(C)(C)C(C)(C)O3)ccc21. The van der Waals surface area contributed by atoms with Crippen LogP contribution in [-0.4, -0.2) is 35.0 Å². The van der Waals surface area contributed by atoms with Crippen LogP contribution >= 0.6 is 0 Å². The zero-order valence-corrected chi connectivity index (χ0v) is 14.8. The lowest BCUT2D eigenvalue weighted by molar-refractivity contribution is 0.00578. The molecule has 0 aliphatic carbocycles. The second-order valence-corrected chi connectivity index (χ2v) is 7.04. The summed E-state index contributed by atoms with van der Waals surface area (Å²) in [6.07, 6.45) is 0. The lowest BCUT2D eigenvalue weighted by Gasteiger charge is -2.32. The van der Waals surface area contributed by atoms with Gasteiger partial charge in [0.2, 0.25) is 0 Å². The van der Waals surface area contributed by atoms with Crippen LogP contribution in [-0.2, 0) is 27.2 Å².